The Kier molecular flexibility index (Phi) is 4.20. The van der Waals surface area contributed by atoms with Crippen molar-refractivity contribution in [1.29, 1.82) is 0 Å². The lowest BCUT2D eigenvalue weighted by molar-refractivity contribution is 0.475. The minimum atomic E-state index is -3.34. The Balaban J connectivity index is 2.30. The van der Waals surface area contributed by atoms with E-state index in [2.05, 4.69) is 5.32 Å². The summed E-state index contributed by atoms with van der Waals surface area (Å²) >= 11 is 6.08. The minimum absolute atomic E-state index is 0.137. The number of phenolic OH excluding ortho intramolecular Hbond substituents is 1. The van der Waals surface area contributed by atoms with Crippen molar-refractivity contribution in [2.45, 2.75) is 11.4 Å². The van der Waals surface area contributed by atoms with Crippen molar-refractivity contribution >= 4 is 27.1 Å². The molecule has 0 aliphatic heterocycles. The van der Waals surface area contributed by atoms with Crippen LogP contribution < -0.4 is 5.32 Å². The van der Waals surface area contributed by atoms with Gasteiger partial charge in [-0.3, -0.25) is 0 Å². The summed E-state index contributed by atoms with van der Waals surface area (Å²) in [5.41, 5.74) is 1.20. The predicted molar refractivity (Wildman–Crippen MR) is 80.0 cm³/mol. The molecule has 0 saturated heterocycles. The normalized spacial score (nSPS) is 11.3. The van der Waals surface area contributed by atoms with Gasteiger partial charge in [0.1, 0.15) is 5.75 Å². The molecule has 2 aromatic rings. The third kappa shape index (κ3) is 3.43. The van der Waals surface area contributed by atoms with Crippen LogP contribution in [0.2, 0.25) is 5.02 Å². The summed E-state index contributed by atoms with van der Waals surface area (Å²) in [5.74, 6) is 0.137. The van der Waals surface area contributed by atoms with Crippen LogP contribution in [0.3, 0.4) is 0 Å². The number of benzene rings is 2. The van der Waals surface area contributed by atoms with Gasteiger partial charge in [-0.05, 0) is 24.3 Å². The van der Waals surface area contributed by atoms with E-state index in [1.54, 1.807) is 36.4 Å². The maximum atomic E-state index is 11.7. The molecule has 0 bridgehead atoms. The second kappa shape index (κ2) is 5.73. The number of phenols is 1. The summed E-state index contributed by atoms with van der Waals surface area (Å²) in [6.07, 6.45) is 1.15. The van der Waals surface area contributed by atoms with Gasteiger partial charge in [0.2, 0.25) is 0 Å². The number of aromatic hydroxyl groups is 1. The Morgan fingerprint density at radius 2 is 1.90 bits per heavy atom. The van der Waals surface area contributed by atoms with E-state index in [1.807, 2.05) is 0 Å². The standard InChI is InChI=1S/C14H14ClNO3S/c1-20(18,19)14-7-3-6-13(15)12(14)9-16-10-4-2-5-11(17)8-10/h2-8,16-17H,9H2,1H3. The van der Waals surface area contributed by atoms with E-state index >= 15 is 0 Å². The van der Waals surface area contributed by atoms with E-state index in [0.717, 1.165) is 6.26 Å². The van der Waals surface area contributed by atoms with Crippen LogP contribution in [0, 0.1) is 0 Å². The van der Waals surface area contributed by atoms with E-state index in [1.165, 1.54) is 6.07 Å². The number of halogens is 1. The largest absolute Gasteiger partial charge is 0.508 e. The van der Waals surface area contributed by atoms with E-state index in [9.17, 15) is 13.5 Å². The van der Waals surface area contributed by atoms with Crippen LogP contribution in [-0.4, -0.2) is 19.8 Å². The molecule has 0 aliphatic rings. The predicted octanol–water partition coefficient (Wildman–Crippen LogP) is 3.06. The average molecular weight is 312 g/mol. The quantitative estimate of drug-likeness (QED) is 0.910. The Hall–Kier alpha value is -1.72. The molecule has 2 aromatic carbocycles. The van der Waals surface area contributed by atoms with Crippen molar-refractivity contribution in [3.8, 4) is 5.75 Å². The number of sulfone groups is 1. The zero-order chi connectivity index (χ0) is 14.8. The molecule has 0 fully saturated rings. The zero-order valence-corrected chi connectivity index (χ0v) is 12.4. The van der Waals surface area contributed by atoms with Crippen LogP contribution in [0.1, 0.15) is 5.56 Å². The molecular formula is C14H14ClNO3S. The van der Waals surface area contributed by atoms with Crippen LogP contribution in [0.15, 0.2) is 47.4 Å². The van der Waals surface area contributed by atoms with E-state index in [4.69, 9.17) is 11.6 Å². The highest BCUT2D eigenvalue weighted by atomic mass is 35.5. The summed E-state index contributed by atoms with van der Waals surface area (Å²) < 4.78 is 23.5. The molecule has 6 heteroatoms. The highest BCUT2D eigenvalue weighted by molar-refractivity contribution is 7.90. The van der Waals surface area contributed by atoms with Crippen molar-refractivity contribution in [3.63, 3.8) is 0 Å². The summed E-state index contributed by atoms with van der Waals surface area (Å²) in [5, 5.41) is 12.8. The molecule has 0 radical (unpaired) electrons. The first-order valence-corrected chi connectivity index (χ1v) is 8.15. The van der Waals surface area contributed by atoms with Crippen molar-refractivity contribution in [1.82, 2.24) is 0 Å². The fourth-order valence-corrected chi connectivity index (χ4v) is 3.12. The van der Waals surface area contributed by atoms with Gasteiger partial charge < -0.3 is 10.4 Å². The van der Waals surface area contributed by atoms with Gasteiger partial charge in [-0.2, -0.15) is 0 Å². The Morgan fingerprint density at radius 1 is 1.20 bits per heavy atom. The minimum Gasteiger partial charge on any atom is -0.508 e. The fraction of sp³-hybridized carbons (Fsp3) is 0.143. The average Bonchev–Trinajstić information content (AvgIpc) is 2.36. The summed E-state index contributed by atoms with van der Waals surface area (Å²) in [6.45, 7) is 0.255. The molecule has 106 valence electrons. The zero-order valence-electron chi connectivity index (χ0n) is 10.8. The number of anilines is 1. The molecule has 0 saturated carbocycles. The molecule has 0 aliphatic carbocycles. The van der Waals surface area contributed by atoms with Gasteiger partial charge in [-0.25, -0.2) is 8.42 Å². The molecule has 2 N–H and O–H groups in total. The molecule has 20 heavy (non-hydrogen) atoms. The van der Waals surface area contributed by atoms with Crippen LogP contribution >= 0.6 is 11.6 Å². The molecular weight excluding hydrogens is 298 g/mol. The molecule has 4 nitrogen and oxygen atoms in total. The van der Waals surface area contributed by atoms with Gasteiger partial charge in [-0.1, -0.05) is 23.7 Å². The first kappa shape index (κ1) is 14.7. The maximum absolute atomic E-state index is 11.7. The molecule has 0 amide bonds. The van der Waals surface area contributed by atoms with Gasteiger partial charge in [0.15, 0.2) is 9.84 Å². The first-order chi connectivity index (χ1) is 9.38. The van der Waals surface area contributed by atoms with E-state index in [-0.39, 0.29) is 17.2 Å². The monoisotopic (exact) mass is 311 g/mol. The van der Waals surface area contributed by atoms with Crippen LogP contribution in [0.5, 0.6) is 5.75 Å². The lowest BCUT2D eigenvalue weighted by Gasteiger charge is -2.12. The van der Waals surface area contributed by atoms with Crippen molar-refractivity contribution < 1.29 is 13.5 Å². The van der Waals surface area contributed by atoms with Crippen LogP contribution in [0.25, 0.3) is 0 Å². The topological polar surface area (TPSA) is 66.4 Å². The molecule has 0 unspecified atom stereocenters. The van der Waals surface area contributed by atoms with Gasteiger partial charge in [0, 0.05) is 35.1 Å². The molecule has 0 aromatic heterocycles. The van der Waals surface area contributed by atoms with E-state index < -0.39 is 9.84 Å². The number of hydrogen-bond acceptors (Lipinski definition) is 4. The van der Waals surface area contributed by atoms with Gasteiger partial charge in [0.05, 0.1) is 4.90 Å². The molecule has 0 heterocycles. The highest BCUT2D eigenvalue weighted by Crippen LogP contribution is 2.25. The van der Waals surface area contributed by atoms with Crippen molar-refractivity contribution in [3.05, 3.63) is 53.1 Å². The highest BCUT2D eigenvalue weighted by Gasteiger charge is 2.15. The van der Waals surface area contributed by atoms with Crippen LogP contribution in [0.4, 0.5) is 5.69 Å². The summed E-state index contributed by atoms with van der Waals surface area (Å²) in [6, 6.07) is 11.4. The third-order valence-electron chi connectivity index (χ3n) is 2.79. The lowest BCUT2D eigenvalue weighted by atomic mass is 10.2. The summed E-state index contributed by atoms with van der Waals surface area (Å²) in [4.78, 5) is 0.206. The van der Waals surface area contributed by atoms with E-state index in [0.29, 0.717) is 16.3 Å². The smallest absolute Gasteiger partial charge is 0.175 e. The van der Waals surface area contributed by atoms with Gasteiger partial charge in [0.25, 0.3) is 0 Å². The third-order valence-corrected chi connectivity index (χ3v) is 4.33. The molecule has 0 spiro atoms. The summed E-state index contributed by atoms with van der Waals surface area (Å²) in [7, 11) is -3.34. The number of nitrogens with one attached hydrogen (secondary N) is 1. The number of hydrogen-bond donors (Lipinski definition) is 2. The van der Waals surface area contributed by atoms with Gasteiger partial charge in [-0.15, -0.1) is 0 Å². The van der Waals surface area contributed by atoms with Crippen molar-refractivity contribution in [2.24, 2.45) is 0 Å². The maximum Gasteiger partial charge on any atom is 0.175 e. The number of rotatable bonds is 4. The Bertz CT molecular complexity index is 729. The molecule has 2 rings (SSSR count). The van der Waals surface area contributed by atoms with Crippen molar-refractivity contribution in [2.75, 3.05) is 11.6 Å². The second-order valence-corrected chi connectivity index (χ2v) is 6.78. The Morgan fingerprint density at radius 3 is 2.55 bits per heavy atom. The van der Waals surface area contributed by atoms with Crippen LogP contribution in [-0.2, 0) is 16.4 Å². The Labute approximate surface area is 122 Å². The lowest BCUT2D eigenvalue weighted by Crippen LogP contribution is -2.07. The first-order valence-electron chi connectivity index (χ1n) is 5.88. The second-order valence-electron chi connectivity index (χ2n) is 4.39. The SMILES string of the molecule is CS(=O)(=O)c1cccc(Cl)c1CNc1cccc(O)c1. The fourth-order valence-electron chi connectivity index (χ4n) is 1.86. The van der Waals surface area contributed by atoms with Gasteiger partial charge >= 0.3 is 0 Å². The molecule has 0 atom stereocenters.